The molecule has 92 valence electrons. The van der Waals surface area contributed by atoms with Gasteiger partial charge in [-0.25, -0.2) is 0 Å². The fraction of sp³-hybridized carbons (Fsp3) is 0.200. The number of aliphatic hydroxyl groups is 1. The van der Waals surface area contributed by atoms with Gasteiger partial charge >= 0.3 is 0 Å². The highest BCUT2D eigenvalue weighted by Gasteiger charge is 2.18. The molecule has 2 nitrogen and oxygen atoms in total. The minimum Gasteiger partial charge on any atom is -0.392 e. The smallest absolute Gasteiger partial charge is 0.0692 e. The zero-order valence-electron chi connectivity index (χ0n) is 9.94. The summed E-state index contributed by atoms with van der Waals surface area (Å²) in [6.07, 6.45) is 0. The lowest BCUT2D eigenvalue weighted by molar-refractivity contribution is 0.281. The Morgan fingerprint density at radius 2 is 1.72 bits per heavy atom. The van der Waals surface area contributed by atoms with Gasteiger partial charge in [0.1, 0.15) is 0 Å². The predicted molar refractivity (Wildman–Crippen MR) is 76.4 cm³/mol. The van der Waals surface area contributed by atoms with Crippen LogP contribution >= 0.6 is 15.9 Å². The first-order valence-electron chi connectivity index (χ1n) is 5.99. The maximum Gasteiger partial charge on any atom is 0.0692 e. The van der Waals surface area contributed by atoms with Crippen molar-refractivity contribution in [2.45, 2.75) is 19.7 Å². The second kappa shape index (κ2) is 4.75. The molecule has 0 saturated heterocycles. The minimum atomic E-state index is 0.0705. The van der Waals surface area contributed by atoms with E-state index in [1.54, 1.807) is 0 Å². The van der Waals surface area contributed by atoms with Crippen molar-refractivity contribution >= 4 is 21.6 Å². The molecular formula is C15H14BrNO. The molecule has 2 aromatic carbocycles. The average Bonchev–Trinajstić information content (AvgIpc) is 2.82. The third-order valence-electron chi connectivity index (χ3n) is 3.41. The summed E-state index contributed by atoms with van der Waals surface area (Å²) in [5, 5.41) is 9.17. The van der Waals surface area contributed by atoms with Crippen LogP contribution in [-0.4, -0.2) is 5.11 Å². The molecule has 1 N–H and O–H groups in total. The number of fused-ring (bicyclic) bond motifs is 1. The topological polar surface area (TPSA) is 23.5 Å². The summed E-state index contributed by atoms with van der Waals surface area (Å²) in [5.41, 5.74) is 4.92. The Balaban J connectivity index is 1.88. The summed E-state index contributed by atoms with van der Waals surface area (Å²) in [6, 6.07) is 14.7. The molecule has 1 heterocycles. The van der Waals surface area contributed by atoms with Gasteiger partial charge in [-0.2, -0.15) is 0 Å². The van der Waals surface area contributed by atoms with Crippen molar-refractivity contribution in [3.63, 3.8) is 0 Å². The number of hydrogen-bond donors (Lipinski definition) is 1. The molecule has 1 aliphatic rings. The van der Waals surface area contributed by atoms with E-state index in [1.807, 2.05) is 6.07 Å². The van der Waals surface area contributed by atoms with Gasteiger partial charge < -0.3 is 10.0 Å². The molecule has 0 saturated carbocycles. The molecule has 0 amide bonds. The van der Waals surface area contributed by atoms with E-state index in [0.29, 0.717) is 0 Å². The van der Waals surface area contributed by atoms with Gasteiger partial charge in [-0.1, -0.05) is 46.3 Å². The van der Waals surface area contributed by atoms with Gasteiger partial charge in [-0.3, -0.25) is 0 Å². The zero-order valence-corrected chi connectivity index (χ0v) is 11.5. The molecule has 0 unspecified atom stereocenters. The van der Waals surface area contributed by atoms with Crippen molar-refractivity contribution in [3.8, 4) is 0 Å². The Morgan fingerprint density at radius 3 is 2.28 bits per heavy atom. The highest BCUT2D eigenvalue weighted by Crippen LogP contribution is 2.31. The van der Waals surface area contributed by atoms with Gasteiger partial charge in [0, 0.05) is 23.2 Å². The van der Waals surface area contributed by atoms with Crippen molar-refractivity contribution in [2.75, 3.05) is 4.90 Å². The summed E-state index contributed by atoms with van der Waals surface area (Å²) in [5.74, 6) is 0. The van der Waals surface area contributed by atoms with Crippen LogP contribution in [0, 0.1) is 0 Å². The first kappa shape index (κ1) is 11.8. The van der Waals surface area contributed by atoms with Gasteiger partial charge in [-0.15, -0.1) is 0 Å². The standard InChI is InChI=1S/C15H14BrNO/c16-15-7-14(6-5-13(15)10-18)17-8-11-3-1-2-4-12(11)9-17/h1-7,18H,8-10H2. The third-order valence-corrected chi connectivity index (χ3v) is 4.15. The largest absolute Gasteiger partial charge is 0.392 e. The molecule has 0 aliphatic carbocycles. The van der Waals surface area contributed by atoms with Crippen LogP contribution in [0.25, 0.3) is 0 Å². The lowest BCUT2D eigenvalue weighted by atomic mass is 10.1. The quantitative estimate of drug-likeness (QED) is 0.918. The van der Waals surface area contributed by atoms with Gasteiger partial charge in [0.25, 0.3) is 0 Å². The molecule has 3 heteroatoms. The van der Waals surface area contributed by atoms with Crippen molar-refractivity contribution in [2.24, 2.45) is 0 Å². The van der Waals surface area contributed by atoms with Crippen LogP contribution in [0.5, 0.6) is 0 Å². The molecule has 0 bridgehead atoms. The number of benzene rings is 2. The van der Waals surface area contributed by atoms with Gasteiger partial charge in [0.2, 0.25) is 0 Å². The number of anilines is 1. The second-order valence-corrected chi connectivity index (χ2v) is 5.41. The average molecular weight is 304 g/mol. The van der Waals surface area contributed by atoms with E-state index in [0.717, 1.165) is 23.1 Å². The minimum absolute atomic E-state index is 0.0705. The van der Waals surface area contributed by atoms with Gasteiger partial charge in [0.15, 0.2) is 0 Å². The SMILES string of the molecule is OCc1ccc(N2Cc3ccccc3C2)cc1Br. The van der Waals surface area contributed by atoms with Gasteiger partial charge in [-0.05, 0) is 28.8 Å². The first-order valence-corrected chi connectivity index (χ1v) is 6.78. The van der Waals surface area contributed by atoms with E-state index >= 15 is 0 Å². The molecule has 1 aliphatic heterocycles. The van der Waals surface area contributed by atoms with Crippen LogP contribution in [-0.2, 0) is 19.7 Å². The number of nitrogens with zero attached hydrogens (tertiary/aromatic N) is 1. The Morgan fingerprint density at radius 1 is 1.06 bits per heavy atom. The number of aliphatic hydroxyl groups excluding tert-OH is 1. The Bertz CT molecular complexity index is 557. The molecule has 0 atom stereocenters. The summed E-state index contributed by atoms with van der Waals surface area (Å²) in [7, 11) is 0. The molecule has 2 aromatic rings. The van der Waals surface area contributed by atoms with Crippen molar-refractivity contribution < 1.29 is 5.11 Å². The monoisotopic (exact) mass is 303 g/mol. The van der Waals surface area contributed by atoms with E-state index < -0.39 is 0 Å². The molecule has 18 heavy (non-hydrogen) atoms. The second-order valence-electron chi connectivity index (χ2n) is 4.56. The van der Waals surface area contributed by atoms with Crippen LogP contribution in [0.3, 0.4) is 0 Å². The Hall–Kier alpha value is -1.32. The van der Waals surface area contributed by atoms with Crippen LogP contribution < -0.4 is 4.90 Å². The number of rotatable bonds is 2. The summed E-state index contributed by atoms with van der Waals surface area (Å²) < 4.78 is 0.971. The summed E-state index contributed by atoms with van der Waals surface area (Å²) >= 11 is 3.50. The van der Waals surface area contributed by atoms with Crippen molar-refractivity contribution in [1.82, 2.24) is 0 Å². The number of hydrogen-bond acceptors (Lipinski definition) is 2. The summed E-state index contributed by atoms with van der Waals surface area (Å²) in [6.45, 7) is 1.99. The molecule has 0 radical (unpaired) electrons. The lowest BCUT2D eigenvalue weighted by Gasteiger charge is -2.18. The van der Waals surface area contributed by atoms with E-state index in [2.05, 4.69) is 57.2 Å². The predicted octanol–water partition coefficient (Wildman–Crippen LogP) is 3.46. The highest BCUT2D eigenvalue weighted by atomic mass is 79.9. The van der Waals surface area contributed by atoms with Crippen LogP contribution in [0.15, 0.2) is 46.9 Å². The Kier molecular flexibility index (Phi) is 3.10. The fourth-order valence-electron chi connectivity index (χ4n) is 2.38. The lowest BCUT2D eigenvalue weighted by Crippen LogP contribution is -2.14. The van der Waals surface area contributed by atoms with Crippen molar-refractivity contribution in [1.29, 1.82) is 0 Å². The van der Waals surface area contributed by atoms with E-state index in [4.69, 9.17) is 0 Å². The fourth-order valence-corrected chi connectivity index (χ4v) is 2.87. The maximum atomic E-state index is 9.17. The summed E-state index contributed by atoms with van der Waals surface area (Å²) in [4.78, 5) is 2.34. The van der Waals surface area contributed by atoms with Crippen LogP contribution in [0.4, 0.5) is 5.69 Å². The molecule has 0 fully saturated rings. The molecule has 0 aromatic heterocycles. The van der Waals surface area contributed by atoms with Crippen LogP contribution in [0.2, 0.25) is 0 Å². The van der Waals surface area contributed by atoms with Gasteiger partial charge in [0.05, 0.1) is 6.61 Å². The van der Waals surface area contributed by atoms with E-state index in [1.165, 1.54) is 16.8 Å². The van der Waals surface area contributed by atoms with E-state index in [-0.39, 0.29) is 6.61 Å². The normalized spacial score (nSPS) is 13.8. The molecular weight excluding hydrogens is 290 g/mol. The van der Waals surface area contributed by atoms with Crippen LogP contribution in [0.1, 0.15) is 16.7 Å². The van der Waals surface area contributed by atoms with E-state index in [9.17, 15) is 5.11 Å². The maximum absolute atomic E-state index is 9.17. The molecule has 0 spiro atoms. The number of halogens is 1. The Labute approximate surface area is 115 Å². The third kappa shape index (κ3) is 2.04. The highest BCUT2D eigenvalue weighted by molar-refractivity contribution is 9.10. The zero-order chi connectivity index (χ0) is 12.5. The molecule has 3 rings (SSSR count). The van der Waals surface area contributed by atoms with Crippen molar-refractivity contribution in [3.05, 3.63) is 63.6 Å². The first-order chi connectivity index (χ1) is 8.78.